The molecule has 216 valence electrons. The van der Waals surface area contributed by atoms with Gasteiger partial charge >= 0.3 is 5.97 Å². The van der Waals surface area contributed by atoms with Crippen LogP contribution in [0.1, 0.15) is 28.9 Å². The number of carbonyl (C=O) groups is 4. The van der Waals surface area contributed by atoms with Crippen LogP contribution in [0.2, 0.25) is 0 Å². The van der Waals surface area contributed by atoms with E-state index in [1.165, 1.54) is 6.07 Å². The van der Waals surface area contributed by atoms with Crippen LogP contribution < -0.4 is 10.1 Å². The molecule has 0 aliphatic carbocycles. The van der Waals surface area contributed by atoms with Crippen LogP contribution in [-0.2, 0) is 30.5 Å². The van der Waals surface area contributed by atoms with E-state index in [-0.39, 0.29) is 31.4 Å². The first kappa shape index (κ1) is 29.5. The maximum atomic E-state index is 12.9. The first-order valence-electron chi connectivity index (χ1n) is 13.6. The van der Waals surface area contributed by atoms with Crippen molar-refractivity contribution in [2.24, 2.45) is 0 Å². The molecule has 11 heteroatoms. The third kappa shape index (κ3) is 9.00. The summed E-state index contributed by atoms with van der Waals surface area (Å²) in [5.41, 5.74) is 1.46. The molecule has 0 bridgehead atoms. The zero-order valence-electron chi connectivity index (χ0n) is 22.8. The lowest BCUT2D eigenvalue weighted by Crippen LogP contribution is -2.51. The Morgan fingerprint density at radius 2 is 1.71 bits per heavy atom. The Labute approximate surface area is 238 Å². The summed E-state index contributed by atoms with van der Waals surface area (Å²) in [5.74, 6) is -0.913. The Morgan fingerprint density at radius 1 is 0.951 bits per heavy atom. The summed E-state index contributed by atoms with van der Waals surface area (Å²) in [7, 11) is 0. The quantitative estimate of drug-likeness (QED) is 0.179. The fraction of sp³-hybridized carbons (Fsp3) is 0.367. The molecule has 3 aromatic rings. The van der Waals surface area contributed by atoms with Gasteiger partial charge in [0.05, 0.1) is 18.7 Å². The normalized spacial score (nSPS) is 13.4. The number of para-hydroxylation sites is 1. The molecule has 2 heterocycles. The van der Waals surface area contributed by atoms with E-state index in [0.29, 0.717) is 42.8 Å². The van der Waals surface area contributed by atoms with Gasteiger partial charge in [0.25, 0.3) is 12.4 Å². The number of carbonyl (C=O) groups excluding carboxylic acids is 4. The number of esters is 1. The summed E-state index contributed by atoms with van der Waals surface area (Å²) in [5, 5.41) is 3.30. The number of pyridine rings is 1. The van der Waals surface area contributed by atoms with Gasteiger partial charge in [-0.2, -0.15) is 0 Å². The first-order chi connectivity index (χ1) is 20.0. The van der Waals surface area contributed by atoms with E-state index in [9.17, 15) is 19.2 Å². The minimum Gasteiger partial charge on any atom is -0.481 e. The molecule has 1 saturated heterocycles. The van der Waals surface area contributed by atoms with Crippen molar-refractivity contribution in [1.29, 1.82) is 0 Å². The molecule has 1 fully saturated rings. The lowest BCUT2D eigenvalue weighted by molar-refractivity contribution is -0.147. The molecule has 41 heavy (non-hydrogen) atoms. The number of nitrogens with one attached hydrogen (secondary N) is 1. The average Bonchev–Trinajstić information content (AvgIpc) is 3.01. The summed E-state index contributed by atoms with van der Waals surface area (Å²) in [6.45, 7) is 4.04. The zero-order chi connectivity index (χ0) is 28.9. The summed E-state index contributed by atoms with van der Waals surface area (Å²) in [4.78, 5) is 56.6. The first-order valence-corrected chi connectivity index (χ1v) is 13.6. The van der Waals surface area contributed by atoms with E-state index >= 15 is 0 Å². The van der Waals surface area contributed by atoms with Crippen LogP contribution in [0.15, 0.2) is 60.7 Å². The monoisotopic (exact) mass is 562 g/mol. The number of hydrogen-bond donors (Lipinski definition) is 1. The fourth-order valence-corrected chi connectivity index (χ4v) is 4.44. The zero-order valence-corrected chi connectivity index (χ0v) is 22.8. The van der Waals surface area contributed by atoms with Crippen molar-refractivity contribution in [3.8, 4) is 5.75 Å². The highest BCUT2D eigenvalue weighted by molar-refractivity contribution is 5.98. The topological polar surface area (TPSA) is 127 Å². The number of unbranched alkanes of at least 4 members (excludes halogenated alkanes) is 1. The van der Waals surface area contributed by atoms with E-state index in [1.54, 1.807) is 23.1 Å². The van der Waals surface area contributed by atoms with Gasteiger partial charge in [-0.15, -0.1) is 0 Å². The molecule has 4 rings (SSSR count). The number of piperazine rings is 1. The molecule has 1 aromatic heterocycles. The summed E-state index contributed by atoms with van der Waals surface area (Å²) in [6.07, 6.45) is 1.72. The highest BCUT2D eigenvalue weighted by Gasteiger charge is 2.22. The minimum absolute atomic E-state index is 0.0764. The number of benzene rings is 2. The van der Waals surface area contributed by atoms with Crippen LogP contribution in [0.25, 0.3) is 10.9 Å². The van der Waals surface area contributed by atoms with Crippen molar-refractivity contribution >= 4 is 35.2 Å². The molecule has 11 nitrogen and oxygen atoms in total. The number of rotatable bonds is 14. The average molecular weight is 563 g/mol. The van der Waals surface area contributed by atoms with Crippen molar-refractivity contribution in [2.45, 2.75) is 19.4 Å². The van der Waals surface area contributed by atoms with E-state index in [2.05, 4.69) is 15.2 Å². The Kier molecular flexibility index (Phi) is 11.0. The molecule has 0 saturated carbocycles. The second-order valence-corrected chi connectivity index (χ2v) is 9.54. The second-order valence-electron chi connectivity index (χ2n) is 9.54. The predicted octanol–water partition coefficient (Wildman–Crippen LogP) is 2.18. The van der Waals surface area contributed by atoms with Crippen molar-refractivity contribution < 1.29 is 33.4 Å². The van der Waals surface area contributed by atoms with Gasteiger partial charge in [-0.3, -0.25) is 19.3 Å². The Balaban J connectivity index is 1.27. The predicted molar refractivity (Wildman–Crippen MR) is 150 cm³/mol. The molecule has 1 aliphatic rings. The Hall–Kier alpha value is -4.51. The fourth-order valence-electron chi connectivity index (χ4n) is 4.44. The molecular formula is C30H34N4O7. The van der Waals surface area contributed by atoms with Crippen molar-refractivity contribution in [1.82, 2.24) is 20.1 Å². The van der Waals surface area contributed by atoms with Gasteiger partial charge < -0.3 is 24.4 Å². The van der Waals surface area contributed by atoms with Gasteiger partial charge in [0, 0.05) is 37.6 Å². The molecule has 2 amide bonds. The van der Waals surface area contributed by atoms with Gasteiger partial charge in [0.15, 0.2) is 6.61 Å². The van der Waals surface area contributed by atoms with E-state index in [1.807, 2.05) is 36.4 Å². The number of fused-ring (bicyclic) bond motifs is 1. The van der Waals surface area contributed by atoms with Crippen molar-refractivity contribution in [2.75, 3.05) is 52.5 Å². The molecule has 0 atom stereocenters. The SMILES string of the molecule is O=COCCCCN1CCN(C(=O)CNC(=O)c2cc(OCC(=O)OCc3ccccc3)c3ccccc3n2)CC1. The van der Waals surface area contributed by atoms with Crippen LogP contribution in [0, 0.1) is 0 Å². The van der Waals surface area contributed by atoms with Crippen LogP contribution in [0.5, 0.6) is 5.75 Å². The van der Waals surface area contributed by atoms with Crippen molar-refractivity contribution in [3.05, 3.63) is 71.9 Å². The molecular weight excluding hydrogens is 528 g/mol. The molecule has 0 spiro atoms. The van der Waals surface area contributed by atoms with Gasteiger partial charge in [0.1, 0.15) is 18.1 Å². The molecule has 2 aromatic carbocycles. The molecule has 0 radical (unpaired) electrons. The van der Waals surface area contributed by atoms with E-state index in [0.717, 1.165) is 38.0 Å². The highest BCUT2D eigenvalue weighted by atomic mass is 16.6. The van der Waals surface area contributed by atoms with E-state index in [4.69, 9.17) is 14.2 Å². The van der Waals surface area contributed by atoms with Crippen LogP contribution in [-0.4, -0.2) is 91.5 Å². The standard InChI is InChI=1S/C30H34N4O7/c35-22-39-17-7-6-12-33-13-15-34(16-14-33)28(36)19-31-30(38)26-18-27(24-10-4-5-11-25(24)32-26)40-21-29(37)41-20-23-8-2-1-3-9-23/h1-5,8-11,18,22H,6-7,12-17,19-21H2,(H,31,38). The van der Waals surface area contributed by atoms with Crippen molar-refractivity contribution in [3.63, 3.8) is 0 Å². The van der Waals surface area contributed by atoms with Crippen LogP contribution in [0.4, 0.5) is 0 Å². The van der Waals surface area contributed by atoms with Gasteiger partial charge in [-0.1, -0.05) is 42.5 Å². The third-order valence-corrected chi connectivity index (χ3v) is 6.68. The Morgan fingerprint density at radius 3 is 2.49 bits per heavy atom. The smallest absolute Gasteiger partial charge is 0.344 e. The summed E-state index contributed by atoms with van der Waals surface area (Å²) >= 11 is 0. The summed E-state index contributed by atoms with van der Waals surface area (Å²) in [6, 6.07) is 17.9. The van der Waals surface area contributed by atoms with E-state index < -0.39 is 11.9 Å². The van der Waals surface area contributed by atoms with Gasteiger partial charge in [-0.25, -0.2) is 9.78 Å². The largest absolute Gasteiger partial charge is 0.481 e. The molecule has 1 N–H and O–H groups in total. The summed E-state index contributed by atoms with van der Waals surface area (Å²) < 4.78 is 15.7. The van der Waals surface area contributed by atoms with Crippen LogP contribution >= 0.6 is 0 Å². The second kappa shape index (κ2) is 15.3. The number of hydrogen-bond acceptors (Lipinski definition) is 9. The Bertz CT molecular complexity index is 1330. The van der Waals surface area contributed by atoms with Gasteiger partial charge in [-0.05, 0) is 37.1 Å². The highest BCUT2D eigenvalue weighted by Crippen LogP contribution is 2.25. The lowest BCUT2D eigenvalue weighted by Gasteiger charge is -2.34. The maximum Gasteiger partial charge on any atom is 0.344 e. The molecule has 1 aliphatic heterocycles. The lowest BCUT2D eigenvalue weighted by atomic mass is 10.1. The van der Waals surface area contributed by atoms with Crippen LogP contribution in [0.3, 0.4) is 0 Å². The van der Waals surface area contributed by atoms with Gasteiger partial charge in [0.2, 0.25) is 5.91 Å². The minimum atomic E-state index is -0.543. The number of aromatic nitrogens is 1. The molecule has 0 unspecified atom stereocenters. The number of amides is 2. The number of ether oxygens (including phenoxy) is 3. The number of nitrogens with zero attached hydrogens (tertiary/aromatic N) is 3. The maximum absolute atomic E-state index is 12.9. The third-order valence-electron chi connectivity index (χ3n) is 6.68.